The molecule has 0 radical (unpaired) electrons. The molecule has 0 aromatic heterocycles. The minimum absolute atomic E-state index is 0.162. The summed E-state index contributed by atoms with van der Waals surface area (Å²) in [5.41, 5.74) is 3.60. The quantitative estimate of drug-likeness (QED) is 0.332. The monoisotopic (exact) mass is 472 g/mol. The average molecular weight is 473 g/mol. The number of hydrogen-bond donors (Lipinski definition) is 0. The van der Waals surface area contributed by atoms with Crippen LogP contribution >= 0.6 is 0 Å². The van der Waals surface area contributed by atoms with E-state index in [1.807, 2.05) is 12.1 Å². The number of methoxy groups -OCH3 is 3. The molecule has 0 saturated carbocycles. The first-order valence-electron chi connectivity index (χ1n) is 10.7. The molecule has 0 heterocycles. The maximum atomic E-state index is 6.85. The van der Waals surface area contributed by atoms with Crippen molar-refractivity contribution in [3.8, 4) is 11.5 Å². The Morgan fingerprint density at radius 2 is 1.50 bits per heavy atom. The van der Waals surface area contributed by atoms with Crippen molar-refractivity contribution in [3.05, 3.63) is 29.3 Å². The summed E-state index contributed by atoms with van der Waals surface area (Å²) in [7, 11) is 3.07. The number of rotatable bonds is 12. The fourth-order valence-electron chi connectivity index (χ4n) is 4.53. The molecular formula is C24H40CrO4Si. The summed E-state index contributed by atoms with van der Waals surface area (Å²) in [6.45, 7) is 16.1. The summed E-state index contributed by atoms with van der Waals surface area (Å²) in [5.74, 6) is 1.45. The van der Waals surface area contributed by atoms with E-state index in [1.54, 1.807) is 21.3 Å². The molecule has 0 aliphatic rings. The molecule has 30 heavy (non-hydrogen) atoms. The average Bonchev–Trinajstić information content (AvgIpc) is 2.69. The second kappa shape index (κ2) is 12.2. The van der Waals surface area contributed by atoms with Gasteiger partial charge in [-0.3, -0.25) is 0 Å². The summed E-state index contributed by atoms with van der Waals surface area (Å²) in [6, 6.07) is 3.86. The van der Waals surface area contributed by atoms with E-state index in [2.05, 4.69) is 76.5 Å². The number of benzene rings is 1. The molecule has 1 aromatic rings. The summed E-state index contributed by atoms with van der Waals surface area (Å²) >= 11 is 2.98. The second-order valence-corrected chi connectivity index (χ2v) is 14.7. The molecule has 0 fully saturated rings. The van der Waals surface area contributed by atoms with Crippen molar-refractivity contribution < 1.29 is 34.5 Å². The summed E-state index contributed by atoms with van der Waals surface area (Å²) in [4.78, 5) is 0. The van der Waals surface area contributed by atoms with Crippen molar-refractivity contribution in [2.24, 2.45) is 0 Å². The number of ether oxygens (including phenoxy) is 3. The molecule has 1 aromatic carbocycles. The molecule has 1 rings (SSSR count). The van der Waals surface area contributed by atoms with Gasteiger partial charge in [0.25, 0.3) is 0 Å². The van der Waals surface area contributed by atoms with Gasteiger partial charge in [-0.2, -0.15) is 0 Å². The SMILES string of the molecule is CO[C](=[Cr])c1c(/C=C/C[C@@H](C)O[Si](C(C)C)(C(C)C)C(C)C)cc(OC)cc1OC. The molecule has 0 spiro atoms. The molecule has 0 unspecified atom stereocenters. The van der Waals surface area contributed by atoms with Crippen LogP contribution in [0.25, 0.3) is 6.08 Å². The molecule has 0 aliphatic carbocycles. The molecular weight excluding hydrogens is 432 g/mol. The summed E-state index contributed by atoms with van der Waals surface area (Å²) in [6.07, 6.45) is 5.27. The van der Waals surface area contributed by atoms with Crippen LogP contribution < -0.4 is 9.47 Å². The second-order valence-electron chi connectivity index (χ2n) is 8.67. The van der Waals surface area contributed by atoms with E-state index in [0.717, 1.165) is 23.3 Å². The van der Waals surface area contributed by atoms with Crippen molar-refractivity contribution in [2.45, 2.75) is 77.6 Å². The summed E-state index contributed by atoms with van der Waals surface area (Å²) < 4.78 is 24.0. The fourth-order valence-corrected chi connectivity index (χ4v) is 10.5. The van der Waals surface area contributed by atoms with Gasteiger partial charge in [0, 0.05) is 0 Å². The first-order chi connectivity index (χ1) is 14.0. The molecule has 4 nitrogen and oxygen atoms in total. The molecule has 1 atom stereocenters. The minimum atomic E-state index is -1.89. The van der Waals surface area contributed by atoms with Crippen LogP contribution in [0.3, 0.4) is 0 Å². The van der Waals surface area contributed by atoms with E-state index < -0.39 is 8.32 Å². The van der Waals surface area contributed by atoms with Crippen LogP contribution in [0.5, 0.6) is 11.5 Å². The Morgan fingerprint density at radius 3 is 1.93 bits per heavy atom. The predicted molar refractivity (Wildman–Crippen MR) is 126 cm³/mol. The van der Waals surface area contributed by atoms with Gasteiger partial charge in [-0.05, 0) is 0 Å². The van der Waals surface area contributed by atoms with Crippen LogP contribution in [-0.2, 0) is 25.0 Å². The molecule has 6 heteroatoms. The number of hydrogen-bond acceptors (Lipinski definition) is 4. The van der Waals surface area contributed by atoms with E-state index in [4.69, 9.17) is 18.6 Å². The van der Waals surface area contributed by atoms with Crippen LogP contribution in [0.1, 0.15) is 66.0 Å². The Bertz CT molecular complexity index is 706. The van der Waals surface area contributed by atoms with Gasteiger partial charge in [0.2, 0.25) is 0 Å². The van der Waals surface area contributed by atoms with Gasteiger partial charge in [0.15, 0.2) is 0 Å². The van der Waals surface area contributed by atoms with Gasteiger partial charge < -0.3 is 0 Å². The standard InChI is InChI=1S/C24H40O4Si.Cr/c1-17(2)29(18(3)4,19(5)6)28-20(7)12-11-13-21-14-22(26-9)15-24(27-10)23(21)16-25-8;/h11,13-15,17-20H,12H2,1-10H3;/b13-11+;/t20-;/m1./s1. The predicted octanol–water partition coefficient (Wildman–Crippen LogP) is 6.36. The third-order valence-electron chi connectivity index (χ3n) is 5.83. The van der Waals surface area contributed by atoms with Gasteiger partial charge in [0.1, 0.15) is 0 Å². The molecule has 0 saturated heterocycles. The van der Waals surface area contributed by atoms with E-state index >= 15 is 0 Å². The Labute approximate surface area is 193 Å². The molecule has 0 bridgehead atoms. The molecule has 0 N–H and O–H groups in total. The Kier molecular flexibility index (Phi) is 11.0. The molecule has 0 aliphatic heterocycles. The third-order valence-corrected chi connectivity index (χ3v) is 12.6. The normalized spacial score (nSPS) is 13.5. The van der Waals surface area contributed by atoms with Crippen LogP contribution in [0.15, 0.2) is 18.2 Å². The summed E-state index contributed by atoms with van der Waals surface area (Å²) in [5, 5.41) is 0. The van der Waals surface area contributed by atoms with E-state index in [1.165, 1.54) is 0 Å². The van der Waals surface area contributed by atoms with E-state index in [-0.39, 0.29) is 6.10 Å². The van der Waals surface area contributed by atoms with Crippen LogP contribution in [0, 0.1) is 0 Å². The van der Waals surface area contributed by atoms with E-state index in [9.17, 15) is 0 Å². The van der Waals surface area contributed by atoms with E-state index in [0.29, 0.717) is 26.9 Å². The zero-order valence-corrected chi connectivity index (χ0v) is 22.6. The Morgan fingerprint density at radius 1 is 0.933 bits per heavy atom. The van der Waals surface area contributed by atoms with Crippen LogP contribution in [-0.4, -0.2) is 40.3 Å². The van der Waals surface area contributed by atoms with Crippen molar-refractivity contribution in [1.29, 1.82) is 0 Å². The van der Waals surface area contributed by atoms with Crippen molar-refractivity contribution in [3.63, 3.8) is 0 Å². The van der Waals surface area contributed by atoms with Crippen molar-refractivity contribution >= 4 is 19.0 Å². The third kappa shape index (κ3) is 6.31. The Balaban J connectivity index is 3.14. The van der Waals surface area contributed by atoms with Gasteiger partial charge in [-0.15, -0.1) is 0 Å². The zero-order valence-electron chi connectivity index (χ0n) is 20.4. The van der Waals surface area contributed by atoms with Gasteiger partial charge in [0.05, 0.1) is 0 Å². The maximum absolute atomic E-state index is 6.85. The molecule has 170 valence electrons. The first-order valence-corrected chi connectivity index (χ1v) is 13.5. The van der Waals surface area contributed by atoms with Crippen molar-refractivity contribution in [2.75, 3.05) is 21.3 Å². The Hall–Kier alpha value is -0.901. The topological polar surface area (TPSA) is 36.9 Å². The van der Waals surface area contributed by atoms with Gasteiger partial charge >= 0.3 is 193 Å². The first kappa shape index (κ1) is 27.1. The van der Waals surface area contributed by atoms with Gasteiger partial charge in [-0.25, -0.2) is 0 Å². The zero-order chi connectivity index (χ0) is 23.1. The van der Waals surface area contributed by atoms with Crippen LogP contribution in [0.4, 0.5) is 0 Å². The fraction of sp³-hybridized carbons (Fsp3) is 0.625. The van der Waals surface area contributed by atoms with Gasteiger partial charge in [-0.1, -0.05) is 0 Å². The van der Waals surface area contributed by atoms with Crippen LogP contribution in [0.2, 0.25) is 16.6 Å². The van der Waals surface area contributed by atoms with Crippen molar-refractivity contribution in [1.82, 2.24) is 0 Å². The molecule has 0 amide bonds.